The number of ether oxygens (including phenoxy) is 1. The van der Waals surface area contributed by atoms with E-state index in [2.05, 4.69) is 10.1 Å². The van der Waals surface area contributed by atoms with Gasteiger partial charge in [-0.3, -0.25) is 4.79 Å². The van der Waals surface area contributed by atoms with Crippen LogP contribution in [-0.4, -0.2) is 25.0 Å². The summed E-state index contributed by atoms with van der Waals surface area (Å²) in [6.07, 6.45) is 3.11. The predicted octanol–water partition coefficient (Wildman–Crippen LogP) is 2.01. The molecular weight excluding hydrogens is 242 g/mol. The van der Waals surface area contributed by atoms with Gasteiger partial charge in [0.2, 0.25) is 5.91 Å². The fraction of sp³-hybridized carbons (Fsp3) is 0.333. The van der Waals surface area contributed by atoms with Crippen molar-refractivity contribution in [2.45, 2.75) is 19.9 Å². The van der Waals surface area contributed by atoms with Crippen molar-refractivity contribution >= 4 is 18.0 Å². The Morgan fingerprint density at radius 1 is 1.21 bits per heavy atom. The van der Waals surface area contributed by atoms with E-state index in [1.807, 2.05) is 44.2 Å². The van der Waals surface area contributed by atoms with Crippen LogP contribution < -0.4 is 5.32 Å². The van der Waals surface area contributed by atoms with E-state index in [0.29, 0.717) is 0 Å². The Kier molecular flexibility index (Phi) is 5.79. The van der Waals surface area contributed by atoms with E-state index in [1.165, 1.54) is 13.2 Å². The summed E-state index contributed by atoms with van der Waals surface area (Å²) in [5, 5.41) is 2.64. The van der Waals surface area contributed by atoms with Crippen LogP contribution in [-0.2, 0) is 14.3 Å². The lowest BCUT2D eigenvalue weighted by atomic mass is 10.0. The molecule has 0 aromatic heterocycles. The normalized spacial score (nSPS) is 12.4. The first-order valence-corrected chi connectivity index (χ1v) is 6.16. The van der Waals surface area contributed by atoms with Crippen LogP contribution in [0.2, 0.25) is 0 Å². The maximum atomic E-state index is 11.7. The summed E-state index contributed by atoms with van der Waals surface area (Å²) in [4.78, 5) is 23.2. The smallest absolute Gasteiger partial charge is 0.328 e. The van der Waals surface area contributed by atoms with Gasteiger partial charge < -0.3 is 10.1 Å². The van der Waals surface area contributed by atoms with E-state index in [1.54, 1.807) is 6.08 Å². The highest BCUT2D eigenvalue weighted by Crippen LogP contribution is 2.04. The second-order valence-electron chi connectivity index (χ2n) is 4.50. The van der Waals surface area contributed by atoms with Crippen LogP contribution >= 0.6 is 0 Å². The molecule has 0 spiro atoms. The highest BCUT2D eigenvalue weighted by atomic mass is 16.5. The number of amides is 1. The van der Waals surface area contributed by atoms with E-state index in [4.69, 9.17) is 0 Å². The minimum absolute atomic E-state index is 0.0264. The number of methoxy groups -OCH3 is 1. The van der Waals surface area contributed by atoms with E-state index in [9.17, 15) is 9.59 Å². The summed E-state index contributed by atoms with van der Waals surface area (Å²) in [6.45, 7) is 3.70. The Balaban J connectivity index is 2.63. The van der Waals surface area contributed by atoms with Gasteiger partial charge in [-0.1, -0.05) is 44.2 Å². The van der Waals surface area contributed by atoms with Crippen LogP contribution in [0.15, 0.2) is 36.4 Å². The first-order valence-electron chi connectivity index (χ1n) is 6.16. The molecule has 1 N–H and O–H groups in total. The molecule has 0 saturated carbocycles. The lowest BCUT2D eigenvalue weighted by molar-refractivity contribution is -0.145. The van der Waals surface area contributed by atoms with Crippen LogP contribution in [0.25, 0.3) is 6.08 Å². The fourth-order valence-corrected chi connectivity index (χ4v) is 1.56. The Morgan fingerprint density at radius 2 is 1.84 bits per heavy atom. The molecule has 0 radical (unpaired) electrons. The average Bonchev–Trinajstić information content (AvgIpc) is 2.42. The summed E-state index contributed by atoms with van der Waals surface area (Å²) in [7, 11) is 1.31. The van der Waals surface area contributed by atoms with E-state index < -0.39 is 12.0 Å². The molecule has 1 aromatic rings. The minimum Gasteiger partial charge on any atom is -0.467 e. The van der Waals surface area contributed by atoms with Crippen molar-refractivity contribution in [3.8, 4) is 0 Å². The van der Waals surface area contributed by atoms with Gasteiger partial charge in [0.15, 0.2) is 0 Å². The molecule has 1 atom stereocenters. The Labute approximate surface area is 113 Å². The quantitative estimate of drug-likeness (QED) is 0.651. The molecule has 1 rings (SSSR count). The molecule has 19 heavy (non-hydrogen) atoms. The molecule has 0 aliphatic carbocycles. The summed E-state index contributed by atoms with van der Waals surface area (Å²) < 4.78 is 4.66. The third kappa shape index (κ3) is 4.95. The van der Waals surface area contributed by atoms with Gasteiger partial charge in [-0.05, 0) is 17.6 Å². The van der Waals surface area contributed by atoms with Gasteiger partial charge in [-0.25, -0.2) is 4.79 Å². The van der Waals surface area contributed by atoms with E-state index in [-0.39, 0.29) is 11.8 Å². The van der Waals surface area contributed by atoms with Gasteiger partial charge in [0.05, 0.1) is 7.11 Å². The number of hydrogen-bond acceptors (Lipinski definition) is 3. The monoisotopic (exact) mass is 261 g/mol. The topological polar surface area (TPSA) is 55.4 Å². The molecule has 0 unspecified atom stereocenters. The zero-order valence-electron chi connectivity index (χ0n) is 11.4. The van der Waals surface area contributed by atoms with Gasteiger partial charge in [0.25, 0.3) is 0 Å². The predicted molar refractivity (Wildman–Crippen MR) is 74.3 cm³/mol. The number of hydrogen-bond donors (Lipinski definition) is 1. The minimum atomic E-state index is -0.627. The molecule has 0 bridgehead atoms. The van der Waals surface area contributed by atoms with Crippen molar-refractivity contribution in [2.24, 2.45) is 5.92 Å². The summed E-state index contributed by atoms with van der Waals surface area (Å²) >= 11 is 0. The third-order valence-electron chi connectivity index (χ3n) is 2.65. The largest absolute Gasteiger partial charge is 0.467 e. The number of benzene rings is 1. The molecule has 0 aliphatic rings. The van der Waals surface area contributed by atoms with Crippen molar-refractivity contribution in [1.29, 1.82) is 0 Å². The van der Waals surface area contributed by atoms with Gasteiger partial charge in [0, 0.05) is 6.08 Å². The fourth-order valence-electron chi connectivity index (χ4n) is 1.56. The molecular formula is C15H19NO3. The van der Waals surface area contributed by atoms with Crippen molar-refractivity contribution in [1.82, 2.24) is 5.32 Å². The summed E-state index contributed by atoms with van der Waals surface area (Å²) in [5.74, 6) is -0.772. The molecule has 0 saturated heterocycles. The standard InChI is InChI=1S/C15H19NO3/c1-11(2)14(15(18)19-3)16-13(17)10-9-12-7-5-4-6-8-12/h4-11,14H,1-3H3,(H,16,17)/b10-9+/t14-/m1/s1. The summed E-state index contributed by atoms with van der Waals surface area (Å²) in [6, 6.07) is 8.85. The van der Waals surface area contributed by atoms with Gasteiger partial charge >= 0.3 is 5.97 Å². The number of carbonyl (C=O) groups is 2. The lowest BCUT2D eigenvalue weighted by Crippen LogP contribution is -2.44. The van der Waals surface area contributed by atoms with Crippen molar-refractivity contribution in [3.05, 3.63) is 42.0 Å². The highest BCUT2D eigenvalue weighted by Gasteiger charge is 2.23. The Bertz CT molecular complexity index is 452. The Hall–Kier alpha value is -2.10. The highest BCUT2D eigenvalue weighted by molar-refractivity contribution is 5.94. The maximum Gasteiger partial charge on any atom is 0.328 e. The van der Waals surface area contributed by atoms with Crippen LogP contribution in [0.4, 0.5) is 0 Å². The number of nitrogens with one attached hydrogen (secondary N) is 1. The molecule has 1 amide bonds. The third-order valence-corrected chi connectivity index (χ3v) is 2.65. The molecule has 4 heteroatoms. The first kappa shape index (κ1) is 15.0. The average molecular weight is 261 g/mol. The molecule has 102 valence electrons. The second kappa shape index (κ2) is 7.36. The SMILES string of the molecule is COC(=O)[C@H](NC(=O)/C=C/c1ccccc1)C(C)C. The number of esters is 1. The molecule has 0 aliphatic heterocycles. The molecule has 0 heterocycles. The number of rotatable bonds is 5. The molecule has 1 aromatic carbocycles. The van der Waals surface area contributed by atoms with Crippen molar-refractivity contribution < 1.29 is 14.3 Å². The Morgan fingerprint density at radius 3 is 2.37 bits per heavy atom. The first-order chi connectivity index (χ1) is 9.04. The van der Waals surface area contributed by atoms with Crippen molar-refractivity contribution in [3.63, 3.8) is 0 Å². The zero-order valence-corrected chi connectivity index (χ0v) is 11.4. The molecule has 4 nitrogen and oxygen atoms in total. The van der Waals surface area contributed by atoms with Crippen molar-refractivity contribution in [2.75, 3.05) is 7.11 Å². The van der Waals surface area contributed by atoms with Gasteiger partial charge in [-0.15, -0.1) is 0 Å². The van der Waals surface area contributed by atoms with E-state index >= 15 is 0 Å². The molecule has 0 fully saturated rings. The van der Waals surface area contributed by atoms with Crippen LogP contribution in [0, 0.1) is 5.92 Å². The van der Waals surface area contributed by atoms with Crippen LogP contribution in [0.5, 0.6) is 0 Å². The maximum absolute atomic E-state index is 11.7. The van der Waals surface area contributed by atoms with Gasteiger partial charge in [0.1, 0.15) is 6.04 Å². The zero-order chi connectivity index (χ0) is 14.3. The number of carbonyl (C=O) groups excluding carboxylic acids is 2. The lowest BCUT2D eigenvalue weighted by Gasteiger charge is -2.18. The van der Waals surface area contributed by atoms with Crippen LogP contribution in [0.1, 0.15) is 19.4 Å². The van der Waals surface area contributed by atoms with Crippen LogP contribution in [0.3, 0.4) is 0 Å². The summed E-state index contributed by atoms with van der Waals surface area (Å²) in [5.41, 5.74) is 0.928. The van der Waals surface area contributed by atoms with Gasteiger partial charge in [-0.2, -0.15) is 0 Å². The second-order valence-corrected chi connectivity index (χ2v) is 4.50. The van der Waals surface area contributed by atoms with E-state index in [0.717, 1.165) is 5.56 Å².